The monoisotopic (exact) mass is 354 g/mol. The summed E-state index contributed by atoms with van der Waals surface area (Å²) in [5, 5.41) is 10.2. The quantitative estimate of drug-likeness (QED) is 0.658. The fourth-order valence-corrected chi connectivity index (χ4v) is 3.10. The van der Waals surface area contributed by atoms with Crippen molar-refractivity contribution in [3.8, 4) is 6.07 Å². The van der Waals surface area contributed by atoms with Crippen molar-refractivity contribution >= 4 is 28.8 Å². The van der Waals surface area contributed by atoms with Crippen molar-refractivity contribution in [3.05, 3.63) is 41.4 Å². The zero-order valence-electron chi connectivity index (χ0n) is 13.8. The molecule has 1 atom stereocenters. The number of nitrogens with zero attached hydrogens (tertiary/aromatic N) is 4. The van der Waals surface area contributed by atoms with Gasteiger partial charge in [-0.2, -0.15) is 5.26 Å². The molecule has 126 valence electrons. The highest BCUT2D eigenvalue weighted by Crippen LogP contribution is 2.33. The van der Waals surface area contributed by atoms with Crippen LogP contribution in [0.1, 0.15) is 23.1 Å². The van der Waals surface area contributed by atoms with Crippen LogP contribution in [0.2, 0.25) is 0 Å². The maximum atomic E-state index is 12.0. The van der Waals surface area contributed by atoms with Crippen LogP contribution in [-0.2, 0) is 9.53 Å². The lowest BCUT2D eigenvalue weighted by Gasteiger charge is -2.11. The molecule has 0 unspecified atom stereocenters. The molecule has 2 heterocycles. The molecule has 0 amide bonds. The van der Waals surface area contributed by atoms with E-state index in [1.807, 2.05) is 38.1 Å². The van der Waals surface area contributed by atoms with E-state index in [0.29, 0.717) is 27.0 Å². The summed E-state index contributed by atoms with van der Waals surface area (Å²) in [5.41, 5.74) is 2.23. The second kappa shape index (κ2) is 6.91. The SMILES string of the molecule is COC(=O)[C@@H](C#N)c1nc2ccccc2nc1Sc1nc(C)c(C)o1. The second-order valence-corrected chi connectivity index (χ2v) is 6.15. The molecule has 0 N–H and O–H groups in total. The lowest BCUT2D eigenvalue weighted by atomic mass is 10.1. The largest absolute Gasteiger partial charge is 0.468 e. The van der Waals surface area contributed by atoms with Gasteiger partial charge in [0, 0.05) is 0 Å². The van der Waals surface area contributed by atoms with Crippen molar-refractivity contribution in [1.29, 1.82) is 5.26 Å². The molecule has 0 radical (unpaired) electrons. The maximum Gasteiger partial charge on any atom is 0.329 e. The molecule has 25 heavy (non-hydrogen) atoms. The van der Waals surface area contributed by atoms with Gasteiger partial charge in [-0.15, -0.1) is 0 Å². The second-order valence-electron chi connectivity index (χ2n) is 5.21. The normalized spacial score (nSPS) is 11.9. The maximum absolute atomic E-state index is 12.0. The summed E-state index contributed by atoms with van der Waals surface area (Å²) in [6.07, 6.45) is 0. The minimum Gasteiger partial charge on any atom is -0.468 e. The van der Waals surface area contributed by atoms with Crippen LogP contribution in [0.25, 0.3) is 11.0 Å². The smallest absolute Gasteiger partial charge is 0.329 e. The lowest BCUT2D eigenvalue weighted by molar-refractivity contribution is -0.141. The highest BCUT2D eigenvalue weighted by Gasteiger charge is 2.28. The van der Waals surface area contributed by atoms with E-state index in [1.54, 1.807) is 6.07 Å². The van der Waals surface area contributed by atoms with E-state index < -0.39 is 11.9 Å². The number of fused-ring (bicyclic) bond motifs is 1. The number of rotatable bonds is 4. The molecule has 0 spiro atoms. The predicted molar refractivity (Wildman–Crippen MR) is 90.0 cm³/mol. The summed E-state index contributed by atoms with van der Waals surface area (Å²) in [6, 6.07) is 9.17. The highest BCUT2D eigenvalue weighted by molar-refractivity contribution is 7.99. The first kappa shape index (κ1) is 16.9. The van der Waals surface area contributed by atoms with E-state index in [-0.39, 0.29) is 5.69 Å². The first-order valence-electron chi connectivity index (χ1n) is 7.39. The molecule has 3 rings (SSSR count). The molecule has 0 aliphatic heterocycles. The average molecular weight is 354 g/mol. The molecule has 7 nitrogen and oxygen atoms in total. The standard InChI is InChI=1S/C17H14N4O3S/c1-9-10(2)24-17(19-9)25-15-14(11(8-18)16(22)23-3)20-12-6-4-5-7-13(12)21-15/h4-7,11H,1-3H3/t11-/m0/s1. The van der Waals surface area contributed by atoms with E-state index >= 15 is 0 Å². The number of hydrogen-bond acceptors (Lipinski definition) is 8. The number of ether oxygens (including phenoxy) is 1. The van der Waals surface area contributed by atoms with E-state index in [4.69, 9.17) is 9.15 Å². The number of carbonyl (C=O) groups excluding carboxylic acids is 1. The van der Waals surface area contributed by atoms with Gasteiger partial charge in [0.15, 0.2) is 5.92 Å². The number of hydrogen-bond donors (Lipinski definition) is 0. The summed E-state index contributed by atoms with van der Waals surface area (Å²) in [4.78, 5) is 25.3. The van der Waals surface area contributed by atoms with Gasteiger partial charge in [0.05, 0.1) is 29.9 Å². The molecular weight excluding hydrogens is 340 g/mol. The van der Waals surface area contributed by atoms with Gasteiger partial charge in [-0.05, 0) is 37.7 Å². The summed E-state index contributed by atoms with van der Waals surface area (Å²) in [7, 11) is 1.23. The Bertz CT molecular complexity index is 974. The molecule has 2 aromatic heterocycles. The predicted octanol–water partition coefficient (Wildman–Crippen LogP) is 3.17. The average Bonchev–Trinajstić information content (AvgIpc) is 2.93. The number of oxazole rings is 1. The van der Waals surface area contributed by atoms with Crippen LogP contribution in [0.5, 0.6) is 0 Å². The summed E-state index contributed by atoms with van der Waals surface area (Å²) >= 11 is 1.13. The first-order valence-corrected chi connectivity index (χ1v) is 8.21. The zero-order valence-corrected chi connectivity index (χ0v) is 14.6. The molecular formula is C17H14N4O3S. The zero-order chi connectivity index (χ0) is 18.0. The Morgan fingerprint density at radius 3 is 2.48 bits per heavy atom. The number of benzene rings is 1. The van der Waals surface area contributed by atoms with Gasteiger partial charge in [0.25, 0.3) is 5.22 Å². The summed E-state index contributed by atoms with van der Waals surface area (Å²) in [5.74, 6) is -1.17. The number of carbonyl (C=O) groups is 1. The molecule has 0 saturated heterocycles. The van der Waals surface area contributed by atoms with Crippen LogP contribution in [0, 0.1) is 25.2 Å². The Morgan fingerprint density at radius 1 is 1.24 bits per heavy atom. The van der Waals surface area contributed by atoms with Gasteiger partial charge in [-0.1, -0.05) is 12.1 Å². The fraction of sp³-hybridized carbons (Fsp3) is 0.235. The Kier molecular flexibility index (Phi) is 4.67. The van der Waals surface area contributed by atoms with Crippen molar-refractivity contribution in [1.82, 2.24) is 15.0 Å². The van der Waals surface area contributed by atoms with Crippen molar-refractivity contribution in [3.63, 3.8) is 0 Å². The minimum absolute atomic E-state index is 0.228. The summed E-state index contributed by atoms with van der Waals surface area (Å²) in [6.45, 7) is 3.65. The number of aryl methyl sites for hydroxylation is 2. The third-order valence-corrected chi connectivity index (χ3v) is 4.44. The highest BCUT2D eigenvalue weighted by atomic mass is 32.2. The Balaban J connectivity index is 2.15. The molecule has 0 fully saturated rings. The van der Waals surface area contributed by atoms with E-state index in [1.165, 1.54) is 7.11 Å². The van der Waals surface area contributed by atoms with Gasteiger partial charge in [0.2, 0.25) is 0 Å². The fourth-order valence-electron chi connectivity index (χ4n) is 2.17. The molecule has 0 saturated carbocycles. The van der Waals surface area contributed by atoms with Gasteiger partial charge >= 0.3 is 5.97 Å². The van der Waals surface area contributed by atoms with Crippen LogP contribution < -0.4 is 0 Å². The Labute approximate surface area is 148 Å². The lowest BCUT2D eigenvalue weighted by Crippen LogP contribution is -2.15. The van der Waals surface area contributed by atoms with E-state index in [0.717, 1.165) is 17.5 Å². The number of esters is 1. The van der Waals surface area contributed by atoms with Crippen molar-refractivity contribution in [2.75, 3.05) is 7.11 Å². The van der Waals surface area contributed by atoms with Crippen LogP contribution in [0.15, 0.2) is 38.9 Å². The van der Waals surface area contributed by atoms with Crippen LogP contribution in [0.4, 0.5) is 0 Å². The molecule has 3 aromatic rings. The van der Waals surface area contributed by atoms with E-state index in [2.05, 4.69) is 15.0 Å². The molecule has 0 aliphatic carbocycles. The minimum atomic E-state index is -1.18. The van der Waals surface area contributed by atoms with Gasteiger partial charge in [0.1, 0.15) is 16.5 Å². The molecule has 0 aliphatic rings. The van der Waals surface area contributed by atoms with Gasteiger partial charge in [-0.25, -0.2) is 15.0 Å². The number of methoxy groups -OCH3 is 1. The summed E-state index contributed by atoms with van der Waals surface area (Å²) < 4.78 is 10.3. The van der Waals surface area contributed by atoms with Crippen LogP contribution in [-0.4, -0.2) is 28.0 Å². The van der Waals surface area contributed by atoms with Gasteiger partial charge in [-0.3, -0.25) is 4.79 Å². The number of aromatic nitrogens is 3. The molecule has 8 heteroatoms. The van der Waals surface area contributed by atoms with E-state index in [9.17, 15) is 10.1 Å². The first-order chi connectivity index (χ1) is 12.0. The third-order valence-electron chi connectivity index (χ3n) is 3.60. The Hall–Kier alpha value is -2.92. The van der Waals surface area contributed by atoms with Crippen molar-refractivity contribution in [2.45, 2.75) is 30.0 Å². The molecule has 0 bridgehead atoms. The Morgan fingerprint density at radius 2 is 1.92 bits per heavy atom. The topological polar surface area (TPSA) is 102 Å². The van der Waals surface area contributed by atoms with Gasteiger partial charge < -0.3 is 9.15 Å². The van der Waals surface area contributed by atoms with Crippen LogP contribution >= 0.6 is 11.8 Å². The van der Waals surface area contributed by atoms with Crippen LogP contribution in [0.3, 0.4) is 0 Å². The third kappa shape index (κ3) is 3.32. The number of nitriles is 1. The van der Waals surface area contributed by atoms with Crippen molar-refractivity contribution in [2.24, 2.45) is 0 Å². The molecule has 1 aromatic carbocycles. The number of para-hydroxylation sites is 2. The van der Waals surface area contributed by atoms with Crippen molar-refractivity contribution < 1.29 is 13.9 Å².